The molecule has 0 aromatic heterocycles. The fourth-order valence-corrected chi connectivity index (χ4v) is 10.7. The molecule has 5 unspecified atom stereocenters. The van der Waals surface area contributed by atoms with Crippen molar-refractivity contribution in [2.45, 2.75) is 124 Å². The highest BCUT2D eigenvalue weighted by molar-refractivity contribution is 7.46. The van der Waals surface area contributed by atoms with Crippen molar-refractivity contribution in [2.24, 2.45) is 52.3 Å². The molecule has 228 valence electrons. The summed E-state index contributed by atoms with van der Waals surface area (Å²) < 4.78 is 23.6. The molecule has 4 aliphatic carbocycles. The van der Waals surface area contributed by atoms with Gasteiger partial charge < -0.3 is 19.0 Å². The average molecular weight is 571 g/mol. The van der Waals surface area contributed by atoms with Crippen molar-refractivity contribution in [3.05, 3.63) is 0 Å². The van der Waals surface area contributed by atoms with Crippen LogP contribution in [-0.4, -0.2) is 54.4 Å². The highest BCUT2D eigenvalue weighted by atomic mass is 31.2. The van der Waals surface area contributed by atoms with Gasteiger partial charge in [-0.15, -0.1) is 0 Å². The van der Waals surface area contributed by atoms with Gasteiger partial charge in [-0.25, -0.2) is 4.57 Å². The minimum atomic E-state index is -4.61. The Morgan fingerprint density at radius 2 is 1.56 bits per heavy atom. The number of quaternary nitrogens is 1. The Morgan fingerprint density at radius 3 is 2.21 bits per heavy atom. The summed E-state index contributed by atoms with van der Waals surface area (Å²) in [5, 5.41) is 0. The van der Waals surface area contributed by atoms with Crippen molar-refractivity contribution in [1.82, 2.24) is 0 Å². The highest BCUT2D eigenvalue weighted by Crippen LogP contribution is 2.68. The first kappa shape index (κ1) is 32.0. The van der Waals surface area contributed by atoms with E-state index in [1.165, 1.54) is 57.8 Å². The third-order valence-electron chi connectivity index (χ3n) is 12.1. The fourth-order valence-electron chi connectivity index (χ4n) is 10.3. The number of rotatable bonds is 11. The minimum Gasteiger partial charge on any atom is -0.344 e. The van der Waals surface area contributed by atoms with Gasteiger partial charge in [-0.2, -0.15) is 0 Å². The molecule has 0 amide bonds. The van der Waals surface area contributed by atoms with E-state index in [0.717, 1.165) is 54.8 Å². The molecule has 4 fully saturated rings. The molecular formula is C32H61NO5P+. The number of hydrogen-bond acceptors (Lipinski definition) is 3. The van der Waals surface area contributed by atoms with Crippen molar-refractivity contribution in [3.63, 3.8) is 0 Å². The van der Waals surface area contributed by atoms with E-state index in [1.54, 1.807) is 0 Å². The summed E-state index contributed by atoms with van der Waals surface area (Å²) in [5.74, 6) is 5.79. The Balaban J connectivity index is 1.40. The van der Waals surface area contributed by atoms with Crippen LogP contribution in [0.5, 0.6) is 0 Å². The molecule has 0 radical (unpaired) electrons. The summed E-state index contributed by atoms with van der Waals surface area (Å²) >= 11 is 0. The molecule has 0 heterocycles. The molecule has 39 heavy (non-hydrogen) atoms. The second kappa shape index (κ2) is 12.0. The third kappa shape index (κ3) is 7.34. The van der Waals surface area contributed by atoms with E-state index in [4.69, 9.17) is 9.26 Å². The Hall–Kier alpha value is 0.0300. The van der Waals surface area contributed by atoms with E-state index < -0.39 is 14.1 Å². The van der Waals surface area contributed by atoms with Crippen LogP contribution < -0.4 is 0 Å². The van der Waals surface area contributed by atoms with Crippen LogP contribution in [0.2, 0.25) is 0 Å². The van der Waals surface area contributed by atoms with E-state index >= 15 is 0 Å². The first-order valence-electron chi connectivity index (χ1n) is 16.2. The molecular weight excluding hydrogens is 509 g/mol. The molecule has 0 aliphatic heterocycles. The molecule has 0 saturated heterocycles. The van der Waals surface area contributed by atoms with Gasteiger partial charge in [-0.1, -0.05) is 53.9 Å². The Morgan fingerprint density at radius 1 is 0.897 bits per heavy atom. The summed E-state index contributed by atoms with van der Waals surface area (Å²) in [7, 11) is 1.37. The fraction of sp³-hybridized carbons (Fsp3) is 1.00. The topological polar surface area (TPSA) is 76.0 Å². The van der Waals surface area contributed by atoms with E-state index in [0.29, 0.717) is 27.8 Å². The van der Waals surface area contributed by atoms with Crippen LogP contribution in [0.4, 0.5) is 0 Å². The predicted molar refractivity (Wildman–Crippen MR) is 158 cm³/mol. The number of ether oxygens (including phenoxy) is 1. The molecule has 4 aliphatic rings. The SMILES string of the molecule is CC(C)CCC[C@@H](C)[C@H]1CCC2C3CCC4C[C@@H](OC(C[N+](C)(C)C)OP(=O)(O)O)CC[C@]4(C)C3CC[C@@]21C. The first-order chi connectivity index (χ1) is 18.0. The first-order valence-corrected chi connectivity index (χ1v) is 17.7. The lowest BCUT2D eigenvalue weighted by molar-refractivity contribution is -0.876. The van der Waals surface area contributed by atoms with Gasteiger partial charge >= 0.3 is 7.82 Å². The van der Waals surface area contributed by atoms with E-state index in [2.05, 4.69) is 34.6 Å². The minimum absolute atomic E-state index is 0.0131. The number of hydrogen-bond donors (Lipinski definition) is 2. The average Bonchev–Trinajstić information content (AvgIpc) is 3.14. The zero-order valence-corrected chi connectivity index (χ0v) is 27.3. The van der Waals surface area contributed by atoms with Gasteiger partial charge in [0.25, 0.3) is 0 Å². The van der Waals surface area contributed by atoms with Crippen LogP contribution in [0.15, 0.2) is 0 Å². The molecule has 2 N–H and O–H groups in total. The molecule has 10 atom stereocenters. The summed E-state index contributed by atoms with van der Waals surface area (Å²) in [6, 6.07) is 0. The van der Waals surface area contributed by atoms with Gasteiger partial charge in [0.05, 0.1) is 27.2 Å². The molecule has 7 heteroatoms. The molecule has 0 aromatic carbocycles. The number of fused-ring (bicyclic) bond motifs is 5. The van der Waals surface area contributed by atoms with Crippen LogP contribution in [0.1, 0.15) is 112 Å². The predicted octanol–water partition coefficient (Wildman–Crippen LogP) is 7.63. The van der Waals surface area contributed by atoms with E-state index in [-0.39, 0.29) is 6.10 Å². The van der Waals surface area contributed by atoms with Crippen LogP contribution in [-0.2, 0) is 13.8 Å². The van der Waals surface area contributed by atoms with Gasteiger partial charge in [0, 0.05) is 0 Å². The van der Waals surface area contributed by atoms with Crippen molar-refractivity contribution in [3.8, 4) is 0 Å². The standard InChI is InChI=1S/C32H60NO5P/c1-22(2)10-9-11-23(3)27-14-15-28-26-13-12-24-20-25(37-30(21-33(6,7)8)38-39(34,35)36)16-18-31(24,4)29(26)17-19-32(27,28)5/h22-30H,9-21H2,1-8H3,(H-,34,35,36)/p+1/t23-,24?,25+,26?,27-,28?,29?,30?,31+,32-/m1/s1. The zero-order valence-electron chi connectivity index (χ0n) is 26.4. The van der Waals surface area contributed by atoms with Gasteiger partial charge in [0.1, 0.15) is 6.54 Å². The van der Waals surface area contributed by atoms with Crippen LogP contribution >= 0.6 is 7.82 Å². The zero-order chi connectivity index (χ0) is 28.8. The monoisotopic (exact) mass is 570 g/mol. The second-order valence-electron chi connectivity index (χ2n) is 16.2. The Bertz CT molecular complexity index is 869. The molecule has 0 bridgehead atoms. The molecule has 6 nitrogen and oxygen atoms in total. The quantitative estimate of drug-likeness (QED) is 0.152. The van der Waals surface area contributed by atoms with Gasteiger partial charge in [0.15, 0.2) is 0 Å². The molecule has 4 saturated carbocycles. The lowest BCUT2D eigenvalue weighted by atomic mass is 9.44. The van der Waals surface area contributed by atoms with Crippen LogP contribution in [0, 0.1) is 52.3 Å². The normalized spacial score (nSPS) is 40.6. The van der Waals surface area contributed by atoms with Crippen molar-refractivity contribution in [1.29, 1.82) is 0 Å². The van der Waals surface area contributed by atoms with Gasteiger partial charge in [-0.3, -0.25) is 4.52 Å². The maximum atomic E-state index is 11.7. The number of phosphoric acid groups is 1. The maximum Gasteiger partial charge on any atom is 0.472 e. The van der Waals surface area contributed by atoms with E-state index in [1.807, 2.05) is 21.1 Å². The number of likely N-dealkylation sites (N-methyl/N-ethyl adjacent to an activating group) is 1. The molecule has 0 spiro atoms. The highest BCUT2D eigenvalue weighted by Gasteiger charge is 2.60. The number of nitrogens with zero attached hydrogens (tertiary/aromatic N) is 1. The summed E-state index contributed by atoms with van der Waals surface area (Å²) in [5.41, 5.74) is 0.894. The summed E-state index contributed by atoms with van der Waals surface area (Å²) in [6.07, 6.45) is 14.7. The van der Waals surface area contributed by atoms with Crippen molar-refractivity contribution in [2.75, 3.05) is 27.7 Å². The van der Waals surface area contributed by atoms with Crippen LogP contribution in [0.3, 0.4) is 0 Å². The summed E-state index contributed by atoms with van der Waals surface area (Å²) in [4.78, 5) is 19.0. The Labute approximate surface area is 239 Å². The lowest BCUT2D eigenvalue weighted by Crippen LogP contribution is -2.54. The van der Waals surface area contributed by atoms with Gasteiger partial charge in [0.2, 0.25) is 6.29 Å². The van der Waals surface area contributed by atoms with Gasteiger partial charge in [-0.05, 0) is 110 Å². The van der Waals surface area contributed by atoms with Crippen LogP contribution in [0.25, 0.3) is 0 Å². The molecule has 4 rings (SSSR count). The smallest absolute Gasteiger partial charge is 0.344 e. The second-order valence-corrected chi connectivity index (χ2v) is 17.4. The Kier molecular flexibility index (Phi) is 9.80. The summed E-state index contributed by atoms with van der Waals surface area (Å²) in [6.45, 7) is 12.9. The lowest BCUT2D eigenvalue weighted by Gasteiger charge is -2.61. The molecule has 0 aromatic rings. The largest absolute Gasteiger partial charge is 0.472 e. The maximum absolute atomic E-state index is 11.7. The number of phosphoric ester groups is 1. The third-order valence-corrected chi connectivity index (χ3v) is 12.6. The van der Waals surface area contributed by atoms with Crippen molar-refractivity contribution >= 4 is 7.82 Å². The van der Waals surface area contributed by atoms with Crippen molar-refractivity contribution < 1.29 is 28.1 Å². The van der Waals surface area contributed by atoms with E-state index in [9.17, 15) is 14.4 Å².